The van der Waals surface area contributed by atoms with Crippen LogP contribution in [0.15, 0.2) is 33.9 Å². The molecule has 0 saturated carbocycles. The fourth-order valence-electron chi connectivity index (χ4n) is 2.77. The molecule has 1 fully saturated rings. The molecule has 3 heterocycles. The highest BCUT2D eigenvalue weighted by Gasteiger charge is 2.33. The maximum Gasteiger partial charge on any atom is 0.255 e. The topological polar surface area (TPSA) is 101 Å². The minimum absolute atomic E-state index is 0.156. The molecule has 8 heteroatoms. The molecule has 23 heavy (non-hydrogen) atoms. The Morgan fingerprint density at radius 1 is 1.43 bits per heavy atom. The number of hydrogen-bond acceptors (Lipinski definition) is 6. The zero-order valence-electron chi connectivity index (χ0n) is 12.8. The smallest absolute Gasteiger partial charge is 0.255 e. The summed E-state index contributed by atoms with van der Waals surface area (Å²) in [5, 5.41) is 6.54. The van der Waals surface area contributed by atoms with Crippen molar-refractivity contribution in [2.75, 3.05) is 6.54 Å². The van der Waals surface area contributed by atoms with E-state index < -0.39 is 6.04 Å². The third-order valence-electron chi connectivity index (χ3n) is 3.96. The van der Waals surface area contributed by atoms with E-state index in [1.165, 1.54) is 18.9 Å². The number of piperidine rings is 1. The Morgan fingerprint density at radius 2 is 2.30 bits per heavy atom. The fraction of sp³-hybridized carbons (Fsp3) is 0.467. The predicted molar refractivity (Wildman–Crippen MR) is 78.2 cm³/mol. The fourth-order valence-corrected chi connectivity index (χ4v) is 2.77. The summed E-state index contributed by atoms with van der Waals surface area (Å²) in [5.41, 5.74) is 0.387. The molecule has 0 spiro atoms. The summed E-state index contributed by atoms with van der Waals surface area (Å²) >= 11 is 0. The lowest BCUT2D eigenvalue weighted by atomic mass is 10.0. The number of carbonyl (C=O) groups excluding carboxylic acids is 2. The van der Waals surface area contributed by atoms with E-state index in [2.05, 4.69) is 15.5 Å². The van der Waals surface area contributed by atoms with Crippen molar-refractivity contribution in [2.24, 2.45) is 0 Å². The van der Waals surface area contributed by atoms with Gasteiger partial charge in [-0.2, -0.15) is 4.98 Å². The van der Waals surface area contributed by atoms with Crippen LogP contribution < -0.4 is 5.32 Å². The number of furan rings is 1. The molecule has 0 aromatic carbocycles. The minimum Gasteiger partial charge on any atom is -0.472 e. The first-order chi connectivity index (χ1) is 11.2. The predicted octanol–water partition coefficient (Wildman–Crippen LogP) is 1.53. The van der Waals surface area contributed by atoms with Crippen LogP contribution in [0.1, 0.15) is 48.4 Å². The molecule has 2 atom stereocenters. The molecule has 8 nitrogen and oxygen atoms in total. The molecule has 2 unspecified atom stereocenters. The zero-order valence-corrected chi connectivity index (χ0v) is 12.8. The summed E-state index contributed by atoms with van der Waals surface area (Å²) in [6.07, 6.45) is 6.72. The van der Waals surface area contributed by atoms with E-state index in [1.807, 2.05) is 0 Å². The van der Waals surface area contributed by atoms with Crippen LogP contribution in [-0.2, 0) is 4.79 Å². The second-order valence-electron chi connectivity index (χ2n) is 5.54. The van der Waals surface area contributed by atoms with E-state index in [1.54, 1.807) is 17.9 Å². The van der Waals surface area contributed by atoms with E-state index in [4.69, 9.17) is 8.94 Å². The average molecular weight is 318 g/mol. The van der Waals surface area contributed by atoms with Crippen LogP contribution in [0.5, 0.6) is 0 Å². The van der Waals surface area contributed by atoms with Crippen molar-refractivity contribution in [3.63, 3.8) is 0 Å². The summed E-state index contributed by atoms with van der Waals surface area (Å²) in [6.45, 7) is 2.28. The number of hydrogen-bond donors (Lipinski definition) is 1. The molecule has 1 N–H and O–H groups in total. The Labute approximate surface area is 132 Å². The molecule has 2 aromatic heterocycles. The number of nitrogens with zero attached hydrogens (tertiary/aromatic N) is 3. The summed E-state index contributed by atoms with van der Waals surface area (Å²) in [5.74, 6) is 0.00970. The quantitative estimate of drug-likeness (QED) is 0.917. The maximum atomic E-state index is 12.7. The molecule has 2 aromatic rings. The lowest BCUT2D eigenvalue weighted by molar-refractivity contribution is -0.137. The van der Waals surface area contributed by atoms with Crippen LogP contribution >= 0.6 is 0 Å². The van der Waals surface area contributed by atoms with Gasteiger partial charge in [-0.3, -0.25) is 9.59 Å². The lowest BCUT2D eigenvalue weighted by Gasteiger charge is -2.35. The van der Waals surface area contributed by atoms with E-state index in [0.29, 0.717) is 17.9 Å². The van der Waals surface area contributed by atoms with Crippen molar-refractivity contribution >= 4 is 11.8 Å². The van der Waals surface area contributed by atoms with Crippen molar-refractivity contribution in [1.29, 1.82) is 0 Å². The molecular formula is C15H18N4O4. The van der Waals surface area contributed by atoms with E-state index >= 15 is 0 Å². The summed E-state index contributed by atoms with van der Waals surface area (Å²) in [4.78, 5) is 30.5. The number of aromatic nitrogens is 2. The molecule has 0 radical (unpaired) electrons. The van der Waals surface area contributed by atoms with Crippen molar-refractivity contribution in [1.82, 2.24) is 20.4 Å². The monoisotopic (exact) mass is 318 g/mol. The van der Waals surface area contributed by atoms with Gasteiger partial charge in [-0.15, -0.1) is 0 Å². The zero-order chi connectivity index (χ0) is 16.2. The number of likely N-dealkylation sites (tertiary alicyclic amines) is 1. The van der Waals surface area contributed by atoms with Gasteiger partial charge in [-0.25, -0.2) is 0 Å². The Kier molecular flexibility index (Phi) is 4.40. The molecule has 0 aliphatic carbocycles. The Bertz CT molecular complexity index is 653. The van der Waals surface area contributed by atoms with E-state index in [9.17, 15) is 9.59 Å². The number of amides is 2. The van der Waals surface area contributed by atoms with E-state index in [0.717, 1.165) is 19.3 Å². The first-order valence-corrected chi connectivity index (χ1v) is 7.56. The summed E-state index contributed by atoms with van der Waals surface area (Å²) in [6, 6.07) is 0.698. The second kappa shape index (κ2) is 6.64. The SMILES string of the molecule is CC(NC(=O)c1ccoc1)C(=O)N1CCCCC1c1ncon1. The van der Waals surface area contributed by atoms with Gasteiger partial charge in [0.15, 0.2) is 5.82 Å². The highest BCUT2D eigenvalue weighted by molar-refractivity contribution is 5.97. The van der Waals surface area contributed by atoms with Gasteiger partial charge in [0.1, 0.15) is 12.3 Å². The molecule has 1 saturated heterocycles. The average Bonchev–Trinajstić information content (AvgIpc) is 3.27. The largest absolute Gasteiger partial charge is 0.472 e. The van der Waals surface area contributed by atoms with Crippen molar-refractivity contribution in [3.05, 3.63) is 36.4 Å². The van der Waals surface area contributed by atoms with Gasteiger partial charge in [0.05, 0.1) is 17.9 Å². The first-order valence-electron chi connectivity index (χ1n) is 7.56. The van der Waals surface area contributed by atoms with Crippen LogP contribution in [-0.4, -0.2) is 39.4 Å². The number of nitrogens with one attached hydrogen (secondary N) is 1. The Morgan fingerprint density at radius 3 is 3.00 bits per heavy atom. The van der Waals surface area contributed by atoms with Gasteiger partial charge < -0.3 is 19.2 Å². The molecule has 1 aliphatic heterocycles. The standard InChI is InChI=1S/C15H18N4O4/c1-10(17-14(20)11-5-7-22-8-11)15(21)19-6-3-2-4-12(19)13-16-9-23-18-13/h5,7-10,12H,2-4,6H2,1H3,(H,17,20). The maximum absolute atomic E-state index is 12.7. The van der Waals surface area contributed by atoms with Crippen molar-refractivity contribution < 1.29 is 18.5 Å². The highest BCUT2D eigenvalue weighted by atomic mass is 16.5. The first kappa shape index (κ1) is 15.3. The van der Waals surface area contributed by atoms with Crippen LogP contribution in [0.4, 0.5) is 0 Å². The second-order valence-corrected chi connectivity index (χ2v) is 5.54. The van der Waals surface area contributed by atoms with Crippen LogP contribution in [0.3, 0.4) is 0 Å². The van der Waals surface area contributed by atoms with Gasteiger partial charge in [0.2, 0.25) is 12.3 Å². The van der Waals surface area contributed by atoms with Gasteiger partial charge in [-0.1, -0.05) is 5.16 Å². The molecule has 0 bridgehead atoms. The van der Waals surface area contributed by atoms with Crippen molar-refractivity contribution in [3.8, 4) is 0 Å². The molecule has 2 amide bonds. The van der Waals surface area contributed by atoms with Crippen LogP contribution in [0.2, 0.25) is 0 Å². The van der Waals surface area contributed by atoms with Gasteiger partial charge in [-0.05, 0) is 32.3 Å². The van der Waals surface area contributed by atoms with Crippen molar-refractivity contribution in [2.45, 2.75) is 38.3 Å². The van der Waals surface area contributed by atoms with Crippen LogP contribution in [0.25, 0.3) is 0 Å². The molecule has 122 valence electrons. The minimum atomic E-state index is -0.648. The lowest BCUT2D eigenvalue weighted by Crippen LogP contribution is -2.49. The molecule has 3 rings (SSSR count). The van der Waals surface area contributed by atoms with Gasteiger partial charge in [0, 0.05) is 6.54 Å². The number of rotatable bonds is 4. The van der Waals surface area contributed by atoms with Crippen LogP contribution in [0, 0.1) is 0 Å². The Balaban J connectivity index is 1.68. The highest BCUT2D eigenvalue weighted by Crippen LogP contribution is 2.29. The Hall–Kier alpha value is -2.64. The third-order valence-corrected chi connectivity index (χ3v) is 3.96. The van der Waals surface area contributed by atoms with Gasteiger partial charge in [0.25, 0.3) is 5.91 Å². The summed E-state index contributed by atoms with van der Waals surface area (Å²) < 4.78 is 9.67. The third kappa shape index (κ3) is 3.25. The molecular weight excluding hydrogens is 300 g/mol. The normalized spacial score (nSPS) is 19.3. The van der Waals surface area contributed by atoms with E-state index in [-0.39, 0.29) is 17.9 Å². The molecule has 1 aliphatic rings. The van der Waals surface area contributed by atoms with Gasteiger partial charge >= 0.3 is 0 Å². The summed E-state index contributed by atoms with van der Waals surface area (Å²) in [7, 11) is 0. The number of carbonyl (C=O) groups is 2.